The Morgan fingerprint density at radius 1 is 1.42 bits per heavy atom. The predicted molar refractivity (Wildman–Crippen MR) is 105 cm³/mol. The number of thiophene rings is 1. The molecule has 26 heavy (non-hydrogen) atoms. The Kier molecular flexibility index (Phi) is 6.12. The van der Waals surface area contributed by atoms with Gasteiger partial charge in [0.05, 0.1) is 11.3 Å². The number of hydrogen-bond acceptors (Lipinski definition) is 6. The van der Waals surface area contributed by atoms with Crippen LogP contribution < -0.4 is 5.32 Å². The maximum absolute atomic E-state index is 12.4. The van der Waals surface area contributed by atoms with E-state index in [0.717, 1.165) is 37.1 Å². The molecule has 136 valence electrons. The standard InChI is InChI=1S/C18H21N5OS2/c1-3-9-23-12(2)21-22-18(23)25-11-16(24)20-17-14(10-19)13-7-5-4-6-8-15(13)26-17/h3H,1,4-9,11H2,2H3,(H,20,24). The van der Waals surface area contributed by atoms with Gasteiger partial charge in [0.25, 0.3) is 0 Å². The van der Waals surface area contributed by atoms with Crippen LogP contribution in [0.25, 0.3) is 0 Å². The summed E-state index contributed by atoms with van der Waals surface area (Å²) in [5.41, 5.74) is 1.79. The summed E-state index contributed by atoms with van der Waals surface area (Å²) in [5, 5.41) is 22.0. The van der Waals surface area contributed by atoms with Crippen molar-refractivity contribution in [1.29, 1.82) is 5.26 Å². The van der Waals surface area contributed by atoms with Crippen molar-refractivity contribution < 1.29 is 4.79 Å². The smallest absolute Gasteiger partial charge is 0.235 e. The normalized spacial score (nSPS) is 13.5. The molecule has 1 N–H and O–H groups in total. The molecule has 0 spiro atoms. The second-order valence-electron chi connectivity index (χ2n) is 6.15. The van der Waals surface area contributed by atoms with Crippen LogP contribution in [0.15, 0.2) is 17.8 Å². The first kappa shape index (κ1) is 18.7. The fraction of sp³-hybridized carbons (Fsp3) is 0.444. The summed E-state index contributed by atoms with van der Waals surface area (Å²) in [6.45, 7) is 6.22. The first-order valence-corrected chi connectivity index (χ1v) is 10.4. The van der Waals surface area contributed by atoms with Crippen LogP contribution in [0.3, 0.4) is 0 Å². The monoisotopic (exact) mass is 387 g/mol. The largest absolute Gasteiger partial charge is 0.316 e. The highest BCUT2D eigenvalue weighted by atomic mass is 32.2. The Hall–Kier alpha value is -2.11. The van der Waals surface area contributed by atoms with E-state index in [9.17, 15) is 10.1 Å². The van der Waals surface area contributed by atoms with Gasteiger partial charge in [-0.15, -0.1) is 28.1 Å². The molecule has 0 unspecified atom stereocenters. The molecule has 1 aliphatic rings. The SMILES string of the molecule is C=CCn1c(C)nnc1SCC(=O)Nc1sc2c(c1C#N)CCCCC2. The van der Waals surface area contributed by atoms with Crippen LogP contribution in [0.5, 0.6) is 0 Å². The van der Waals surface area contributed by atoms with Gasteiger partial charge in [-0.25, -0.2) is 0 Å². The van der Waals surface area contributed by atoms with E-state index in [0.29, 0.717) is 22.3 Å². The number of carbonyl (C=O) groups is 1. The molecule has 0 fully saturated rings. The van der Waals surface area contributed by atoms with Crippen molar-refractivity contribution in [3.8, 4) is 6.07 Å². The highest BCUT2D eigenvalue weighted by Crippen LogP contribution is 2.37. The van der Waals surface area contributed by atoms with Crippen LogP contribution in [0.2, 0.25) is 0 Å². The summed E-state index contributed by atoms with van der Waals surface area (Å²) in [6.07, 6.45) is 7.18. The quantitative estimate of drug-likeness (QED) is 0.464. The Morgan fingerprint density at radius 3 is 3.00 bits per heavy atom. The van der Waals surface area contributed by atoms with Gasteiger partial charge in [0, 0.05) is 11.4 Å². The van der Waals surface area contributed by atoms with Crippen LogP contribution in [-0.4, -0.2) is 26.4 Å². The van der Waals surface area contributed by atoms with E-state index in [1.165, 1.54) is 23.1 Å². The minimum atomic E-state index is -0.131. The van der Waals surface area contributed by atoms with E-state index < -0.39 is 0 Å². The van der Waals surface area contributed by atoms with Crippen molar-refractivity contribution in [2.24, 2.45) is 0 Å². The Morgan fingerprint density at radius 2 is 2.23 bits per heavy atom. The van der Waals surface area contributed by atoms with Crippen molar-refractivity contribution in [3.63, 3.8) is 0 Å². The van der Waals surface area contributed by atoms with Crippen LogP contribution in [0, 0.1) is 18.3 Å². The minimum Gasteiger partial charge on any atom is -0.316 e. The highest BCUT2D eigenvalue weighted by Gasteiger charge is 2.21. The van der Waals surface area contributed by atoms with Gasteiger partial charge < -0.3 is 9.88 Å². The third-order valence-corrected chi connectivity index (χ3v) is 6.51. The third-order valence-electron chi connectivity index (χ3n) is 4.33. The van der Waals surface area contributed by atoms with Gasteiger partial charge in [-0.2, -0.15) is 5.26 Å². The molecule has 0 saturated carbocycles. The molecule has 0 bridgehead atoms. The number of nitriles is 1. The van der Waals surface area contributed by atoms with Crippen molar-refractivity contribution in [2.45, 2.75) is 50.7 Å². The number of nitrogens with one attached hydrogen (secondary N) is 1. The summed E-state index contributed by atoms with van der Waals surface area (Å²) < 4.78 is 1.92. The lowest BCUT2D eigenvalue weighted by Crippen LogP contribution is -2.14. The zero-order valence-corrected chi connectivity index (χ0v) is 16.4. The zero-order valence-electron chi connectivity index (χ0n) is 14.7. The molecular weight excluding hydrogens is 366 g/mol. The molecule has 1 amide bonds. The fourth-order valence-corrected chi connectivity index (χ4v) is 5.10. The number of rotatable bonds is 6. The molecule has 8 heteroatoms. The number of aromatic nitrogens is 3. The minimum absolute atomic E-state index is 0.131. The second kappa shape index (κ2) is 8.52. The van der Waals surface area contributed by atoms with Crippen LogP contribution in [-0.2, 0) is 24.2 Å². The lowest BCUT2D eigenvalue weighted by atomic mass is 10.1. The number of hydrogen-bond donors (Lipinski definition) is 1. The van der Waals surface area contributed by atoms with Gasteiger partial charge in [-0.1, -0.05) is 24.3 Å². The molecule has 0 atom stereocenters. The first-order chi connectivity index (χ1) is 12.6. The molecule has 0 aliphatic heterocycles. The van der Waals surface area contributed by atoms with E-state index in [1.54, 1.807) is 17.4 Å². The molecule has 0 aromatic carbocycles. The lowest BCUT2D eigenvalue weighted by Gasteiger charge is -2.06. The second-order valence-corrected chi connectivity index (χ2v) is 8.19. The van der Waals surface area contributed by atoms with Gasteiger partial charge in [0.2, 0.25) is 5.91 Å². The summed E-state index contributed by atoms with van der Waals surface area (Å²) in [6, 6.07) is 2.29. The number of anilines is 1. The van der Waals surface area contributed by atoms with Gasteiger partial charge in [0.15, 0.2) is 5.16 Å². The molecule has 1 aliphatic carbocycles. The number of allylic oxidation sites excluding steroid dienone is 1. The number of thioether (sulfide) groups is 1. The maximum atomic E-state index is 12.4. The Labute approximate surface area is 161 Å². The van der Waals surface area contributed by atoms with E-state index in [4.69, 9.17) is 0 Å². The van der Waals surface area contributed by atoms with Crippen molar-refractivity contribution in [3.05, 3.63) is 34.5 Å². The number of fused-ring (bicyclic) bond motifs is 1. The average molecular weight is 388 g/mol. The van der Waals surface area contributed by atoms with Crippen LogP contribution in [0.4, 0.5) is 5.00 Å². The summed E-state index contributed by atoms with van der Waals surface area (Å²) in [5.74, 6) is 0.887. The number of amides is 1. The van der Waals surface area contributed by atoms with Crippen molar-refractivity contribution in [2.75, 3.05) is 11.1 Å². The topological polar surface area (TPSA) is 83.6 Å². The van der Waals surface area contributed by atoms with E-state index in [2.05, 4.69) is 28.2 Å². The van der Waals surface area contributed by atoms with Crippen molar-refractivity contribution in [1.82, 2.24) is 14.8 Å². The lowest BCUT2D eigenvalue weighted by molar-refractivity contribution is -0.113. The summed E-state index contributed by atoms with van der Waals surface area (Å²) >= 11 is 2.89. The number of aryl methyl sites for hydroxylation is 2. The summed E-state index contributed by atoms with van der Waals surface area (Å²) in [4.78, 5) is 13.7. The number of nitrogens with zero attached hydrogens (tertiary/aromatic N) is 4. The van der Waals surface area contributed by atoms with Crippen LogP contribution in [0.1, 0.15) is 41.1 Å². The van der Waals surface area contributed by atoms with Gasteiger partial charge in [-0.05, 0) is 38.2 Å². The average Bonchev–Trinajstić information content (AvgIpc) is 3.04. The molecule has 2 aromatic heterocycles. The molecule has 6 nitrogen and oxygen atoms in total. The molecule has 3 rings (SSSR count). The predicted octanol–water partition coefficient (Wildman–Crippen LogP) is 3.71. The highest BCUT2D eigenvalue weighted by molar-refractivity contribution is 7.99. The first-order valence-electron chi connectivity index (χ1n) is 8.62. The van der Waals surface area contributed by atoms with E-state index >= 15 is 0 Å². The Balaban J connectivity index is 1.67. The molecule has 0 saturated heterocycles. The van der Waals surface area contributed by atoms with Crippen molar-refractivity contribution >= 4 is 34.0 Å². The van der Waals surface area contributed by atoms with Crippen LogP contribution >= 0.6 is 23.1 Å². The molecule has 0 radical (unpaired) electrons. The van der Waals surface area contributed by atoms with Gasteiger partial charge in [0.1, 0.15) is 16.9 Å². The Bertz CT molecular complexity index is 862. The zero-order chi connectivity index (χ0) is 18.5. The third kappa shape index (κ3) is 4.00. The van der Waals surface area contributed by atoms with E-state index in [-0.39, 0.29) is 11.7 Å². The van der Waals surface area contributed by atoms with Gasteiger partial charge in [-0.3, -0.25) is 4.79 Å². The molecular formula is C18H21N5OS2. The molecule has 2 aromatic rings. The maximum Gasteiger partial charge on any atom is 0.235 e. The van der Waals surface area contributed by atoms with Gasteiger partial charge >= 0.3 is 0 Å². The van der Waals surface area contributed by atoms with E-state index in [1.807, 2.05) is 11.5 Å². The summed E-state index contributed by atoms with van der Waals surface area (Å²) in [7, 11) is 0. The number of carbonyl (C=O) groups excluding carboxylic acids is 1. The fourth-order valence-electron chi connectivity index (χ4n) is 3.05. The molecule has 2 heterocycles.